The number of carboxylic acid groups (broad SMARTS) is 1. The van der Waals surface area contributed by atoms with Crippen LogP contribution in [0.1, 0.15) is 23.2 Å². The van der Waals surface area contributed by atoms with Gasteiger partial charge in [0.25, 0.3) is 5.91 Å². The van der Waals surface area contributed by atoms with E-state index in [9.17, 15) is 14.7 Å². The molecule has 0 radical (unpaired) electrons. The second-order valence-electron chi connectivity index (χ2n) is 4.37. The molecule has 1 aromatic carbocycles. The monoisotopic (exact) mass is 266 g/mol. The van der Waals surface area contributed by atoms with Crippen molar-refractivity contribution in [1.29, 1.82) is 0 Å². The molecule has 0 spiro atoms. The Morgan fingerprint density at radius 1 is 1.22 bits per heavy atom. The number of piperidine rings is 1. The lowest BCUT2D eigenvalue weighted by Crippen LogP contribution is -2.43. The number of likely N-dealkylation sites (tertiary alicyclic amines) is 1. The molecule has 4 nitrogen and oxygen atoms in total. The molecule has 0 aliphatic carbocycles. The molecule has 0 atom stereocenters. The van der Waals surface area contributed by atoms with Crippen LogP contribution in [0.4, 0.5) is 0 Å². The summed E-state index contributed by atoms with van der Waals surface area (Å²) in [7, 11) is 0. The standard InChI is InChI=1S/C13H14ClNO3/c14-11-4-2-1-3-10(11)12(16)15-7-5-9(6-8-15)13(17)18/h1-4,9H,5-8H2,(H,17,18)/p-1. The summed E-state index contributed by atoms with van der Waals surface area (Å²) < 4.78 is 0. The van der Waals surface area contributed by atoms with Crippen molar-refractivity contribution in [1.82, 2.24) is 4.90 Å². The largest absolute Gasteiger partial charge is 0.550 e. The highest BCUT2D eigenvalue weighted by Crippen LogP contribution is 2.21. The molecule has 18 heavy (non-hydrogen) atoms. The summed E-state index contributed by atoms with van der Waals surface area (Å²) in [5, 5.41) is 11.1. The van der Waals surface area contributed by atoms with Gasteiger partial charge in [0.05, 0.1) is 10.6 Å². The van der Waals surface area contributed by atoms with Crippen LogP contribution in [0, 0.1) is 5.92 Å². The normalized spacial score (nSPS) is 16.6. The van der Waals surface area contributed by atoms with Crippen molar-refractivity contribution in [2.75, 3.05) is 13.1 Å². The maximum absolute atomic E-state index is 12.2. The van der Waals surface area contributed by atoms with Gasteiger partial charge in [-0.05, 0) is 25.0 Å². The molecule has 1 heterocycles. The summed E-state index contributed by atoms with van der Waals surface area (Å²) in [4.78, 5) is 24.5. The molecule has 0 N–H and O–H groups in total. The number of nitrogens with zero attached hydrogens (tertiary/aromatic N) is 1. The van der Waals surface area contributed by atoms with Crippen LogP contribution in [0.25, 0.3) is 0 Å². The van der Waals surface area contributed by atoms with E-state index in [1.54, 1.807) is 29.2 Å². The van der Waals surface area contributed by atoms with Gasteiger partial charge in [0, 0.05) is 25.0 Å². The second kappa shape index (κ2) is 5.40. The molecule has 0 bridgehead atoms. The van der Waals surface area contributed by atoms with Crippen molar-refractivity contribution in [3.63, 3.8) is 0 Å². The molecular weight excluding hydrogens is 254 g/mol. The average molecular weight is 267 g/mol. The van der Waals surface area contributed by atoms with E-state index < -0.39 is 11.9 Å². The van der Waals surface area contributed by atoms with Crippen molar-refractivity contribution >= 4 is 23.5 Å². The van der Waals surface area contributed by atoms with Gasteiger partial charge < -0.3 is 14.8 Å². The zero-order chi connectivity index (χ0) is 13.1. The van der Waals surface area contributed by atoms with Crippen LogP contribution in [0.15, 0.2) is 24.3 Å². The lowest BCUT2D eigenvalue weighted by Gasteiger charge is -2.32. The summed E-state index contributed by atoms with van der Waals surface area (Å²) in [6.07, 6.45) is 0.886. The molecule has 1 aromatic rings. The van der Waals surface area contributed by atoms with Crippen LogP contribution in [0.5, 0.6) is 0 Å². The Bertz CT molecular complexity index is 467. The number of hydrogen-bond acceptors (Lipinski definition) is 3. The maximum Gasteiger partial charge on any atom is 0.255 e. The van der Waals surface area contributed by atoms with E-state index in [1.807, 2.05) is 0 Å². The third-order valence-corrected chi connectivity index (χ3v) is 3.55. The van der Waals surface area contributed by atoms with E-state index >= 15 is 0 Å². The number of amides is 1. The minimum absolute atomic E-state index is 0.141. The molecular formula is C13H13ClNO3-. The highest BCUT2D eigenvalue weighted by Gasteiger charge is 2.25. The topological polar surface area (TPSA) is 60.4 Å². The zero-order valence-electron chi connectivity index (χ0n) is 9.77. The summed E-state index contributed by atoms with van der Waals surface area (Å²) in [6, 6.07) is 6.87. The Morgan fingerprint density at radius 3 is 2.39 bits per heavy atom. The maximum atomic E-state index is 12.2. The highest BCUT2D eigenvalue weighted by atomic mass is 35.5. The summed E-state index contributed by atoms with van der Waals surface area (Å²) in [5.41, 5.74) is 0.464. The molecule has 0 saturated carbocycles. The first-order chi connectivity index (χ1) is 8.59. The molecule has 96 valence electrons. The van der Waals surface area contributed by atoms with E-state index in [0.29, 0.717) is 36.5 Å². The van der Waals surface area contributed by atoms with E-state index in [4.69, 9.17) is 11.6 Å². The predicted molar refractivity (Wildman–Crippen MR) is 65.1 cm³/mol. The predicted octanol–water partition coefficient (Wildman–Crippen LogP) is 0.942. The molecule has 1 saturated heterocycles. The molecule has 0 unspecified atom stereocenters. The van der Waals surface area contributed by atoms with Gasteiger partial charge in [0.2, 0.25) is 0 Å². The van der Waals surface area contributed by atoms with Crippen LogP contribution < -0.4 is 5.11 Å². The third-order valence-electron chi connectivity index (χ3n) is 3.22. The number of halogens is 1. The molecule has 1 aliphatic rings. The molecule has 1 aliphatic heterocycles. The fourth-order valence-electron chi connectivity index (χ4n) is 2.12. The van der Waals surface area contributed by atoms with E-state index in [-0.39, 0.29) is 5.91 Å². The van der Waals surface area contributed by atoms with Crippen LogP contribution in [0.2, 0.25) is 5.02 Å². The number of carbonyl (C=O) groups is 2. The minimum Gasteiger partial charge on any atom is -0.550 e. The van der Waals surface area contributed by atoms with E-state index in [0.717, 1.165) is 0 Å². The summed E-state index contributed by atoms with van der Waals surface area (Å²) >= 11 is 5.97. The van der Waals surface area contributed by atoms with Crippen LogP contribution in [0.3, 0.4) is 0 Å². The van der Waals surface area contributed by atoms with Gasteiger partial charge >= 0.3 is 0 Å². The summed E-state index contributed by atoms with van der Waals surface area (Å²) in [5.74, 6) is -1.61. The first-order valence-electron chi connectivity index (χ1n) is 5.84. The quantitative estimate of drug-likeness (QED) is 0.800. The zero-order valence-corrected chi connectivity index (χ0v) is 10.5. The number of hydrogen-bond donors (Lipinski definition) is 0. The number of aliphatic carboxylic acids is 1. The average Bonchev–Trinajstić information content (AvgIpc) is 2.38. The molecule has 1 fully saturated rings. The van der Waals surface area contributed by atoms with Gasteiger partial charge in [0.15, 0.2) is 0 Å². The van der Waals surface area contributed by atoms with Gasteiger partial charge in [0.1, 0.15) is 0 Å². The first-order valence-corrected chi connectivity index (χ1v) is 6.22. The SMILES string of the molecule is O=C([O-])C1CCN(C(=O)c2ccccc2Cl)CC1. The fraction of sp³-hybridized carbons (Fsp3) is 0.385. The smallest absolute Gasteiger partial charge is 0.255 e. The first kappa shape index (κ1) is 12.9. The van der Waals surface area contributed by atoms with Gasteiger partial charge in [-0.25, -0.2) is 0 Å². The Morgan fingerprint density at radius 2 is 1.83 bits per heavy atom. The molecule has 0 aromatic heterocycles. The van der Waals surface area contributed by atoms with Crippen LogP contribution in [-0.4, -0.2) is 29.9 Å². The molecule has 2 rings (SSSR count). The highest BCUT2D eigenvalue weighted by molar-refractivity contribution is 6.33. The Labute approximate surface area is 110 Å². The lowest BCUT2D eigenvalue weighted by molar-refractivity contribution is -0.312. The van der Waals surface area contributed by atoms with Gasteiger partial charge in [-0.2, -0.15) is 0 Å². The van der Waals surface area contributed by atoms with Crippen molar-refractivity contribution < 1.29 is 14.7 Å². The number of carbonyl (C=O) groups excluding carboxylic acids is 2. The van der Waals surface area contributed by atoms with E-state index in [2.05, 4.69) is 0 Å². The van der Waals surface area contributed by atoms with E-state index in [1.165, 1.54) is 0 Å². The van der Waals surface area contributed by atoms with Gasteiger partial charge in [-0.15, -0.1) is 0 Å². The van der Waals surface area contributed by atoms with Crippen molar-refractivity contribution in [2.24, 2.45) is 5.92 Å². The Hall–Kier alpha value is -1.55. The number of rotatable bonds is 2. The van der Waals surface area contributed by atoms with Crippen molar-refractivity contribution in [3.8, 4) is 0 Å². The third kappa shape index (κ3) is 2.64. The molecule has 1 amide bonds. The van der Waals surface area contributed by atoms with Crippen LogP contribution in [-0.2, 0) is 4.79 Å². The Kier molecular flexibility index (Phi) is 3.87. The van der Waals surface area contributed by atoms with Crippen molar-refractivity contribution in [3.05, 3.63) is 34.9 Å². The molecule has 5 heteroatoms. The van der Waals surface area contributed by atoms with Gasteiger partial charge in [-0.1, -0.05) is 23.7 Å². The second-order valence-corrected chi connectivity index (χ2v) is 4.77. The van der Waals surface area contributed by atoms with Crippen molar-refractivity contribution in [2.45, 2.75) is 12.8 Å². The Balaban J connectivity index is 2.04. The minimum atomic E-state index is -1.03. The lowest BCUT2D eigenvalue weighted by atomic mass is 9.96. The van der Waals surface area contributed by atoms with Gasteiger partial charge in [-0.3, -0.25) is 4.79 Å². The van der Waals surface area contributed by atoms with Crippen LogP contribution >= 0.6 is 11.6 Å². The fourth-order valence-corrected chi connectivity index (χ4v) is 2.34. The number of benzene rings is 1. The number of carboxylic acids is 1. The summed E-state index contributed by atoms with van der Waals surface area (Å²) in [6.45, 7) is 0.866.